The molecule has 2 aromatic carbocycles. The highest BCUT2D eigenvalue weighted by Gasteiger charge is 2.17. The molecule has 1 saturated heterocycles. The Morgan fingerprint density at radius 1 is 1.06 bits per heavy atom. The molecular formula is C23H25N5O4. The van der Waals surface area contributed by atoms with Gasteiger partial charge in [0.05, 0.1) is 10.9 Å². The molecule has 0 aliphatic carbocycles. The number of rotatable bonds is 5. The number of amides is 3. The minimum Gasteiger partial charge on any atom is -0.348 e. The SMILES string of the molecule is CCn1c(=O)[nH]c2cc(C(=O)NCc3cccc(NC(=O)N4CCCC4)c3)ccc2c1=O. The fourth-order valence-electron chi connectivity index (χ4n) is 3.85. The van der Waals surface area contributed by atoms with E-state index in [9.17, 15) is 19.2 Å². The van der Waals surface area contributed by atoms with Crippen LogP contribution in [-0.2, 0) is 13.1 Å². The second kappa shape index (κ2) is 9.09. The molecule has 1 fully saturated rings. The van der Waals surface area contributed by atoms with Crippen LogP contribution in [0.1, 0.15) is 35.7 Å². The van der Waals surface area contributed by atoms with Crippen molar-refractivity contribution in [1.29, 1.82) is 0 Å². The lowest BCUT2D eigenvalue weighted by molar-refractivity contribution is 0.0951. The van der Waals surface area contributed by atoms with Crippen LogP contribution in [0.4, 0.5) is 10.5 Å². The quantitative estimate of drug-likeness (QED) is 0.570. The van der Waals surface area contributed by atoms with Gasteiger partial charge in [-0.1, -0.05) is 12.1 Å². The number of aromatic nitrogens is 2. The van der Waals surface area contributed by atoms with Gasteiger partial charge in [-0.05, 0) is 55.7 Å². The summed E-state index contributed by atoms with van der Waals surface area (Å²) in [6, 6.07) is 11.8. The van der Waals surface area contributed by atoms with E-state index in [0.717, 1.165) is 36.1 Å². The van der Waals surface area contributed by atoms with Crippen LogP contribution in [0, 0.1) is 0 Å². The minimum atomic E-state index is -0.504. The molecule has 3 N–H and O–H groups in total. The van der Waals surface area contributed by atoms with Gasteiger partial charge in [-0.2, -0.15) is 0 Å². The second-order valence-corrected chi connectivity index (χ2v) is 7.75. The molecule has 9 nitrogen and oxygen atoms in total. The molecule has 4 rings (SSSR count). The standard InChI is InChI=1S/C23H25N5O4/c1-2-28-21(30)18-9-8-16(13-19(18)26-23(28)32)20(29)24-14-15-6-5-7-17(12-15)25-22(31)27-10-3-4-11-27/h5-9,12-13H,2-4,10-11,14H2,1H3,(H,24,29)(H,25,31)(H,26,32). The van der Waals surface area contributed by atoms with E-state index in [1.165, 1.54) is 6.07 Å². The van der Waals surface area contributed by atoms with Crippen molar-refractivity contribution < 1.29 is 9.59 Å². The van der Waals surface area contributed by atoms with Crippen molar-refractivity contribution in [3.8, 4) is 0 Å². The number of nitrogens with zero attached hydrogens (tertiary/aromatic N) is 2. The highest BCUT2D eigenvalue weighted by Crippen LogP contribution is 2.15. The Bertz CT molecular complexity index is 1290. The molecule has 1 aliphatic heterocycles. The predicted molar refractivity (Wildman–Crippen MR) is 122 cm³/mol. The van der Waals surface area contributed by atoms with E-state index in [1.807, 2.05) is 24.3 Å². The number of hydrogen-bond acceptors (Lipinski definition) is 4. The average Bonchev–Trinajstić information content (AvgIpc) is 3.33. The third-order valence-corrected chi connectivity index (χ3v) is 5.58. The number of urea groups is 1. The van der Waals surface area contributed by atoms with E-state index in [2.05, 4.69) is 15.6 Å². The number of hydrogen-bond donors (Lipinski definition) is 3. The number of carbonyl (C=O) groups excluding carboxylic acids is 2. The molecule has 0 spiro atoms. The van der Waals surface area contributed by atoms with E-state index in [1.54, 1.807) is 24.0 Å². The van der Waals surface area contributed by atoms with Crippen LogP contribution < -0.4 is 21.9 Å². The predicted octanol–water partition coefficient (Wildman–Crippen LogP) is 2.27. The topological polar surface area (TPSA) is 116 Å². The maximum atomic E-state index is 12.6. The van der Waals surface area contributed by atoms with Gasteiger partial charge in [0.1, 0.15) is 0 Å². The largest absolute Gasteiger partial charge is 0.348 e. The van der Waals surface area contributed by atoms with Crippen molar-refractivity contribution in [2.75, 3.05) is 18.4 Å². The van der Waals surface area contributed by atoms with Crippen LogP contribution in [0.2, 0.25) is 0 Å². The Labute approximate surface area is 184 Å². The summed E-state index contributed by atoms with van der Waals surface area (Å²) in [6.45, 7) is 3.79. The molecule has 0 unspecified atom stereocenters. The Balaban J connectivity index is 1.44. The van der Waals surface area contributed by atoms with Crippen molar-refractivity contribution in [2.24, 2.45) is 0 Å². The molecule has 0 bridgehead atoms. The number of carbonyl (C=O) groups is 2. The van der Waals surface area contributed by atoms with Gasteiger partial charge >= 0.3 is 11.7 Å². The van der Waals surface area contributed by atoms with Crippen LogP contribution in [0.25, 0.3) is 10.9 Å². The number of fused-ring (bicyclic) bond motifs is 1. The maximum Gasteiger partial charge on any atom is 0.328 e. The molecule has 2 heterocycles. The van der Waals surface area contributed by atoms with Gasteiger partial charge in [-0.15, -0.1) is 0 Å². The first-order valence-electron chi connectivity index (χ1n) is 10.7. The number of benzene rings is 2. The fourth-order valence-corrected chi connectivity index (χ4v) is 3.85. The van der Waals surface area contributed by atoms with E-state index in [-0.39, 0.29) is 30.6 Å². The first-order chi connectivity index (χ1) is 15.5. The lowest BCUT2D eigenvalue weighted by Gasteiger charge is -2.16. The summed E-state index contributed by atoms with van der Waals surface area (Å²) in [5.74, 6) is -0.334. The van der Waals surface area contributed by atoms with E-state index in [0.29, 0.717) is 22.2 Å². The van der Waals surface area contributed by atoms with Crippen molar-refractivity contribution in [1.82, 2.24) is 19.8 Å². The Hall–Kier alpha value is -3.88. The highest BCUT2D eigenvalue weighted by molar-refractivity contribution is 5.97. The van der Waals surface area contributed by atoms with Crippen molar-refractivity contribution in [3.05, 3.63) is 74.4 Å². The molecule has 0 saturated carbocycles. The van der Waals surface area contributed by atoms with Crippen LogP contribution in [0.15, 0.2) is 52.1 Å². The fraction of sp³-hybridized carbons (Fsp3) is 0.304. The summed E-state index contributed by atoms with van der Waals surface area (Å²) in [4.78, 5) is 53.8. The van der Waals surface area contributed by atoms with Gasteiger partial charge in [-0.25, -0.2) is 9.59 Å². The van der Waals surface area contributed by atoms with Crippen LogP contribution in [-0.4, -0.2) is 39.5 Å². The Morgan fingerprint density at radius 2 is 1.84 bits per heavy atom. The van der Waals surface area contributed by atoms with Crippen molar-refractivity contribution in [3.63, 3.8) is 0 Å². The molecule has 1 aromatic heterocycles. The lowest BCUT2D eigenvalue weighted by atomic mass is 10.1. The minimum absolute atomic E-state index is 0.115. The zero-order valence-corrected chi connectivity index (χ0v) is 17.8. The van der Waals surface area contributed by atoms with Gasteiger partial charge in [-0.3, -0.25) is 14.2 Å². The summed E-state index contributed by atoms with van der Waals surface area (Å²) in [7, 11) is 0. The Kier molecular flexibility index (Phi) is 6.07. The maximum absolute atomic E-state index is 12.6. The normalized spacial score (nSPS) is 13.3. The van der Waals surface area contributed by atoms with Crippen molar-refractivity contribution >= 4 is 28.5 Å². The van der Waals surface area contributed by atoms with Crippen LogP contribution in [0.5, 0.6) is 0 Å². The molecule has 32 heavy (non-hydrogen) atoms. The molecule has 166 valence electrons. The second-order valence-electron chi connectivity index (χ2n) is 7.75. The van der Waals surface area contributed by atoms with E-state index in [4.69, 9.17) is 0 Å². The van der Waals surface area contributed by atoms with Crippen LogP contribution >= 0.6 is 0 Å². The summed E-state index contributed by atoms with van der Waals surface area (Å²) >= 11 is 0. The number of nitrogens with one attached hydrogen (secondary N) is 3. The van der Waals surface area contributed by atoms with Crippen molar-refractivity contribution in [2.45, 2.75) is 32.9 Å². The van der Waals surface area contributed by atoms with Gasteiger partial charge in [0.2, 0.25) is 0 Å². The monoisotopic (exact) mass is 435 g/mol. The zero-order chi connectivity index (χ0) is 22.7. The van der Waals surface area contributed by atoms with Gasteiger partial charge in [0, 0.05) is 37.4 Å². The third-order valence-electron chi connectivity index (χ3n) is 5.58. The Morgan fingerprint density at radius 3 is 2.59 bits per heavy atom. The summed E-state index contributed by atoms with van der Waals surface area (Å²) < 4.78 is 1.11. The number of H-pyrrole nitrogens is 1. The molecule has 3 amide bonds. The lowest BCUT2D eigenvalue weighted by Crippen LogP contribution is -2.34. The van der Waals surface area contributed by atoms with Gasteiger partial charge in [0.25, 0.3) is 11.5 Å². The molecule has 0 radical (unpaired) electrons. The smallest absolute Gasteiger partial charge is 0.328 e. The number of likely N-dealkylation sites (tertiary alicyclic amines) is 1. The van der Waals surface area contributed by atoms with E-state index >= 15 is 0 Å². The number of anilines is 1. The summed E-state index contributed by atoms with van der Waals surface area (Å²) in [5, 5.41) is 6.07. The highest BCUT2D eigenvalue weighted by atomic mass is 16.2. The molecule has 9 heteroatoms. The number of aromatic amines is 1. The zero-order valence-electron chi connectivity index (χ0n) is 17.8. The van der Waals surface area contributed by atoms with E-state index < -0.39 is 5.69 Å². The molecule has 0 atom stereocenters. The molecular weight excluding hydrogens is 410 g/mol. The first kappa shape index (κ1) is 21.4. The summed E-state index contributed by atoms with van der Waals surface area (Å²) in [6.07, 6.45) is 2.05. The summed E-state index contributed by atoms with van der Waals surface area (Å²) in [5.41, 5.74) is 1.27. The van der Waals surface area contributed by atoms with Gasteiger partial charge < -0.3 is 20.5 Å². The molecule has 1 aliphatic rings. The molecule has 3 aromatic rings. The van der Waals surface area contributed by atoms with Gasteiger partial charge in [0.15, 0.2) is 0 Å². The third kappa shape index (κ3) is 4.41. The first-order valence-corrected chi connectivity index (χ1v) is 10.7. The average molecular weight is 435 g/mol. The van der Waals surface area contributed by atoms with Crippen LogP contribution in [0.3, 0.4) is 0 Å².